The van der Waals surface area contributed by atoms with Gasteiger partial charge in [0.15, 0.2) is 0 Å². The number of ether oxygens (including phenoxy) is 2. The van der Waals surface area contributed by atoms with Gasteiger partial charge in [-0.1, -0.05) is 52.0 Å². The van der Waals surface area contributed by atoms with Gasteiger partial charge in [-0.25, -0.2) is 37.1 Å². The number of aromatic nitrogens is 4. The molecule has 4 heterocycles. The molecule has 2 aromatic heterocycles. The molecule has 2 saturated heterocycles. The van der Waals surface area contributed by atoms with Gasteiger partial charge < -0.3 is 39.9 Å². The first-order valence-electron chi connectivity index (χ1n) is 24.4. The van der Waals surface area contributed by atoms with Crippen LogP contribution in [0, 0.1) is 11.8 Å². The number of hydrogen-bond donors (Lipinski definition) is 4. The topological polar surface area (TPSA) is 175 Å². The first kappa shape index (κ1) is 46.8. The zero-order valence-electron chi connectivity index (χ0n) is 39.8. The zero-order chi connectivity index (χ0) is 48.8. The van der Waals surface area contributed by atoms with Crippen LogP contribution in [0.15, 0.2) is 36.7 Å². The molecule has 368 valence electrons. The van der Waals surface area contributed by atoms with Crippen LogP contribution in [0.4, 0.5) is 27.2 Å². The fraction of sp³-hybridized carbons (Fsp3) is 0.569. The molecule has 18 heteroatoms. The summed E-state index contributed by atoms with van der Waals surface area (Å²) < 4.78 is 70.3. The number of hydrogen-bond acceptors (Lipinski definition) is 8. The quantitative estimate of drug-likeness (QED) is 0.108. The minimum atomic E-state index is -3.16. The van der Waals surface area contributed by atoms with Crippen LogP contribution in [-0.4, -0.2) is 105 Å². The maximum absolute atomic E-state index is 15.2. The number of rotatable bonds is 11. The van der Waals surface area contributed by atoms with Crippen molar-refractivity contribution in [3.8, 4) is 33.6 Å². The minimum absolute atomic E-state index is 0.260. The van der Waals surface area contributed by atoms with Crippen molar-refractivity contribution in [3.63, 3.8) is 0 Å². The molecule has 14 nitrogen and oxygen atoms in total. The van der Waals surface area contributed by atoms with Gasteiger partial charge in [0, 0.05) is 24.0 Å². The lowest BCUT2D eigenvalue weighted by Crippen LogP contribution is -2.51. The number of carbonyl (C=O) groups excluding carboxylic acids is 4. The van der Waals surface area contributed by atoms with Gasteiger partial charge >= 0.3 is 12.2 Å². The fourth-order valence-electron chi connectivity index (χ4n) is 12.8. The predicted octanol–water partition coefficient (Wildman–Crippen LogP) is 9.83. The number of nitrogens with zero attached hydrogens (tertiary/aromatic N) is 4. The summed E-state index contributed by atoms with van der Waals surface area (Å²) in [4.78, 5) is 70.4. The highest BCUT2D eigenvalue weighted by atomic mass is 19.3. The SMILES string of the molecule is COC(=O)NC(C(=O)N1CC(F)(F)CC1c1ncc(-c2ccc(-c3ccc(-c4cnc(C5CC(F)(F)CN5C(=O)C(NC(=O)OC)C(C)C)[nH]4)c4c3C3CCC4C3)c3c2C2CCC3CC2)[nH]1)C(C)C. The molecular weight excluding hydrogens is 897 g/mol. The summed E-state index contributed by atoms with van der Waals surface area (Å²) in [5, 5.41) is 5.05. The molecule has 4 N–H and O–H groups in total. The molecule has 2 aromatic carbocycles. The molecule has 4 bridgehead atoms. The van der Waals surface area contributed by atoms with E-state index >= 15 is 17.6 Å². The van der Waals surface area contributed by atoms with Crippen LogP contribution in [0.5, 0.6) is 0 Å². The molecule has 4 aromatic rings. The Morgan fingerprint density at radius 1 is 0.594 bits per heavy atom. The second-order valence-electron chi connectivity index (χ2n) is 20.9. The predicted molar refractivity (Wildman–Crippen MR) is 247 cm³/mol. The standard InChI is InChI=1S/C51H60F4N8O6/c1-24(2)42(60-48(66)68-5)46(64)62-22-50(52,53)18-36(62)44-56-20-34(58-44)32-15-13-30(38-26-7-9-27(10-8-26)39(32)38)31-14-16-33(41-29-12-11-28(17-29)40(31)41)35-21-57-45(59-35)37-19-51(54,55)23-63(37)47(65)43(25(3)4)61-49(67)69-6/h13-16,20-21,24-29,36-37,42-43H,7-12,17-19,22-23H2,1-6H3,(H,56,58)(H,57,59)(H,60,66)(H,61,67). The van der Waals surface area contributed by atoms with E-state index in [-0.39, 0.29) is 11.6 Å². The molecule has 0 radical (unpaired) electrons. The van der Waals surface area contributed by atoms with E-state index in [0.29, 0.717) is 35.1 Å². The minimum Gasteiger partial charge on any atom is -0.453 e. The van der Waals surface area contributed by atoms with Crippen molar-refractivity contribution in [1.82, 2.24) is 40.4 Å². The normalized spacial score (nSPS) is 25.7. The third-order valence-corrected chi connectivity index (χ3v) is 15.9. The van der Waals surface area contributed by atoms with Gasteiger partial charge in [-0.3, -0.25) is 9.59 Å². The number of nitrogens with one attached hydrogen (secondary N) is 4. The molecule has 0 spiro atoms. The van der Waals surface area contributed by atoms with Crippen LogP contribution in [0.3, 0.4) is 0 Å². The highest BCUT2D eigenvalue weighted by Crippen LogP contribution is 2.61. The molecule has 69 heavy (non-hydrogen) atoms. The van der Waals surface area contributed by atoms with E-state index in [1.165, 1.54) is 47.6 Å². The molecule has 2 aliphatic heterocycles. The molecule has 6 atom stereocenters. The Bertz CT molecular complexity index is 2690. The number of amides is 4. The van der Waals surface area contributed by atoms with Crippen molar-refractivity contribution in [2.45, 2.75) is 145 Å². The number of alkyl halides is 4. The maximum atomic E-state index is 15.2. The number of aromatic amines is 2. The Morgan fingerprint density at radius 3 is 1.33 bits per heavy atom. The van der Waals surface area contributed by atoms with E-state index in [2.05, 4.69) is 54.8 Å². The number of halogens is 4. The van der Waals surface area contributed by atoms with Gasteiger partial charge in [0.1, 0.15) is 23.7 Å². The van der Waals surface area contributed by atoms with Gasteiger partial charge in [0.25, 0.3) is 11.8 Å². The van der Waals surface area contributed by atoms with E-state index in [9.17, 15) is 19.2 Å². The summed E-state index contributed by atoms with van der Waals surface area (Å²) >= 11 is 0. The summed E-state index contributed by atoms with van der Waals surface area (Å²) in [5.41, 5.74) is 10.9. The summed E-state index contributed by atoms with van der Waals surface area (Å²) in [7, 11) is 2.36. The van der Waals surface area contributed by atoms with E-state index in [1.807, 2.05) is 0 Å². The van der Waals surface area contributed by atoms with Crippen molar-refractivity contribution >= 4 is 24.0 Å². The van der Waals surface area contributed by atoms with E-state index in [1.54, 1.807) is 40.1 Å². The first-order chi connectivity index (χ1) is 32.9. The Kier molecular flexibility index (Phi) is 11.8. The lowest BCUT2D eigenvalue weighted by Gasteiger charge is -2.41. The van der Waals surface area contributed by atoms with Crippen molar-refractivity contribution in [2.24, 2.45) is 11.8 Å². The lowest BCUT2D eigenvalue weighted by atomic mass is 9.63. The molecule has 5 aliphatic carbocycles. The number of fused-ring (bicyclic) bond motifs is 7. The van der Waals surface area contributed by atoms with E-state index in [0.717, 1.165) is 65.9 Å². The van der Waals surface area contributed by atoms with Crippen molar-refractivity contribution in [3.05, 3.63) is 70.6 Å². The molecule has 7 aliphatic rings. The molecule has 6 unspecified atom stereocenters. The van der Waals surface area contributed by atoms with Crippen molar-refractivity contribution < 1.29 is 46.2 Å². The van der Waals surface area contributed by atoms with Gasteiger partial charge in [-0.05, 0) is 114 Å². The van der Waals surface area contributed by atoms with E-state index < -0.39 is 97.8 Å². The zero-order valence-corrected chi connectivity index (χ0v) is 39.8. The second kappa shape index (κ2) is 17.5. The number of H-pyrrole nitrogens is 2. The highest BCUT2D eigenvalue weighted by Gasteiger charge is 2.52. The Labute approximate surface area is 398 Å². The lowest BCUT2D eigenvalue weighted by molar-refractivity contribution is -0.137. The molecule has 11 rings (SSSR count). The summed E-state index contributed by atoms with van der Waals surface area (Å²) in [6.07, 6.45) is 7.83. The summed E-state index contributed by atoms with van der Waals surface area (Å²) in [6.45, 7) is 5.34. The smallest absolute Gasteiger partial charge is 0.407 e. The van der Waals surface area contributed by atoms with Crippen LogP contribution < -0.4 is 10.6 Å². The van der Waals surface area contributed by atoms with Crippen LogP contribution >= 0.6 is 0 Å². The number of alkyl carbamates (subject to hydrolysis) is 2. The van der Waals surface area contributed by atoms with Gasteiger partial charge in [-0.15, -0.1) is 0 Å². The third-order valence-electron chi connectivity index (χ3n) is 15.9. The molecule has 2 saturated carbocycles. The number of imidazole rings is 2. The van der Waals surface area contributed by atoms with Gasteiger partial charge in [0.2, 0.25) is 11.8 Å². The summed E-state index contributed by atoms with van der Waals surface area (Å²) in [6, 6.07) is 4.41. The van der Waals surface area contributed by atoms with Crippen LogP contribution in [0.2, 0.25) is 0 Å². The van der Waals surface area contributed by atoms with Gasteiger partial charge in [0.05, 0.1) is 63.2 Å². The molecule has 4 amide bonds. The second-order valence-corrected chi connectivity index (χ2v) is 20.9. The first-order valence-corrected chi connectivity index (χ1v) is 24.4. The fourth-order valence-corrected chi connectivity index (χ4v) is 12.8. The van der Waals surface area contributed by atoms with Gasteiger partial charge in [-0.2, -0.15) is 0 Å². The average Bonchev–Trinajstić information content (AvgIpc) is 4.21. The average molecular weight is 957 g/mol. The Balaban J connectivity index is 0.989. The number of likely N-dealkylation sites (tertiary alicyclic amines) is 2. The molecule has 4 fully saturated rings. The van der Waals surface area contributed by atoms with Crippen LogP contribution in [-0.2, 0) is 19.1 Å². The summed E-state index contributed by atoms with van der Waals surface area (Å²) in [5.74, 6) is -6.55. The Hall–Kier alpha value is -5.94. The molecular formula is C51H60F4N8O6. The van der Waals surface area contributed by atoms with Crippen molar-refractivity contribution in [1.29, 1.82) is 0 Å². The number of benzene rings is 2. The van der Waals surface area contributed by atoms with Crippen LogP contribution in [0.25, 0.3) is 33.6 Å². The van der Waals surface area contributed by atoms with Crippen LogP contribution in [0.1, 0.15) is 155 Å². The Morgan fingerprint density at radius 2 is 0.942 bits per heavy atom. The highest BCUT2D eigenvalue weighted by molar-refractivity contribution is 5.88. The maximum Gasteiger partial charge on any atom is 0.407 e. The van der Waals surface area contributed by atoms with E-state index in [4.69, 9.17) is 9.47 Å². The number of methoxy groups -OCH3 is 2. The monoisotopic (exact) mass is 956 g/mol. The third kappa shape index (κ3) is 8.22. The van der Waals surface area contributed by atoms with Crippen molar-refractivity contribution in [2.75, 3.05) is 27.3 Å². The number of carbonyl (C=O) groups is 4. The largest absolute Gasteiger partial charge is 0.453 e.